The van der Waals surface area contributed by atoms with E-state index in [1.165, 1.54) is 23.3 Å². The fraction of sp³-hybridized carbons (Fsp3) is 0.625. The summed E-state index contributed by atoms with van der Waals surface area (Å²) in [6, 6.07) is 2.40. The van der Waals surface area contributed by atoms with Crippen LogP contribution in [0.2, 0.25) is 0 Å². The number of hydrogen-bond donors (Lipinski definition) is 1. The van der Waals surface area contributed by atoms with Crippen molar-refractivity contribution in [2.75, 3.05) is 6.54 Å². The Kier molecular flexibility index (Phi) is 3.25. The number of carbonyl (C=O) groups is 2. The predicted molar refractivity (Wildman–Crippen MR) is 81.6 cm³/mol. The molecule has 5 heteroatoms. The summed E-state index contributed by atoms with van der Waals surface area (Å²) in [4.78, 5) is 28.9. The number of amides is 2. The van der Waals surface area contributed by atoms with Crippen LogP contribution in [0.15, 0.2) is 6.07 Å². The van der Waals surface area contributed by atoms with Crippen molar-refractivity contribution in [3.63, 3.8) is 0 Å². The van der Waals surface area contributed by atoms with E-state index in [4.69, 9.17) is 0 Å². The maximum absolute atomic E-state index is 12.9. The number of fused-ring (bicyclic) bond motifs is 3. The average molecular weight is 304 g/mol. The minimum Gasteiger partial charge on any atom is -0.354 e. The van der Waals surface area contributed by atoms with Crippen molar-refractivity contribution >= 4 is 23.2 Å². The van der Waals surface area contributed by atoms with Crippen LogP contribution >= 0.6 is 11.3 Å². The van der Waals surface area contributed by atoms with Crippen LogP contribution in [0.1, 0.15) is 52.2 Å². The van der Waals surface area contributed by atoms with Gasteiger partial charge in [-0.15, -0.1) is 11.3 Å². The van der Waals surface area contributed by atoms with Gasteiger partial charge in [0.1, 0.15) is 0 Å². The van der Waals surface area contributed by atoms with Crippen LogP contribution in [0.3, 0.4) is 0 Å². The lowest BCUT2D eigenvalue weighted by atomic mass is 9.99. The largest absolute Gasteiger partial charge is 0.354 e. The molecule has 4 nitrogen and oxygen atoms in total. The van der Waals surface area contributed by atoms with Crippen LogP contribution < -0.4 is 5.32 Å². The van der Waals surface area contributed by atoms with Crippen molar-refractivity contribution in [2.45, 2.75) is 57.0 Å². The molecule has 2 atom stereocenters. The van der Waals surface area contributed by atoms with Gasteiger partial charge in [-0.1, -0.05) is 0 Å². The second-order valence-corrected chi connectivity index (χ2v) is 7.51. The molecule has 0 spiro atoms. The fourth-order valence-corrected chi connectivity index (χ4v) is 5.13. The van der Waals surface area contributed by atoms with Crippen molar-refractivity contribution in [1.29, 1.82) is 0 Å². The van der Waals surface area contributed by atoms with Crippen molar-refractivity contribution in [3.05, 3.63) is 21.4 Å². The van der Waals surface area contributed by atoms with Crippen molar-refractivity contribution < 1.29 is 9.59 Å². The number of aryl methyl sites for hydroxylation is 2. The highest BCUT2D eigenvalue weighted by Gasteiger charge is 2.41. The van der Waals surface area contributed by atoms with E-state index in [0.717, 1.165) is 30.6 Å². The normalized spacial score (nSPS) is 28.0. The molecule has 3 heterocycles. The van der Waals surface area contributed by atoms with Crippen LogP contribution in [0, 0.1) is 0 Å². The van der Waals surface area contributed by atoms with Gasteiger partial charge in [-0.05, 0) is 50.2 Å². The van der Waals surface area contributed by atoms with Crippen LogP contribution in [-0.4, -0.2) is 35.3 Å². The van der Waals surface area contributed by atoms with Crippen LogP contribution in [-0.2, 0) is 17.6 Å². The Morgan fingerprint density at radius 1 is 1.24 bits per heavy atom. The third-order valence-electron chi connectivity index (χ3n) is 5.02. The van der Waals surface area contributed by atoms with Gasteiger partial charge in [0.05, 0.1) is 4.88 Å². The third-order valence-corrected chi connectivity index (χ3v) is 6.24. The smallest absolute Gasteiger partial charge is 0.264 e. The van der Waals surface area contributed by atoms with Gasteiger partial charge in [-0.25, -0.2) is 0 Å². The lowest BCUT2D eigenvalue weighted by Crippen LogP contribution is -2.42. The van der Waals surface area contributed by atoms with Gasteiger partial charge >= 0.3 is 0 Å². The Morgan fingerprint density at radius 3 is 2.90 bits per heavy atom. The Morgan fingerprint density at radius 2 is 2.05 bits per heavy atom. The topological polar surface area (TPSA) is 49.4 Å². The molecule has 2 bridgehead atoms. The lowest BCUT2D eigenvalue weighted by Gasteiger charge is -2.26. The third kappa shape index (κ3) is 2.27. The summed E-state index contributed by atoms with van der Waals surface area (Å²) in [6.45, 7) is 0.617. The van der Waals surface area contributed by atoms with E-state index < -0.39 is 0 Å². The highest BCUT2D eigenvalue weighted by Crippen LogP contribution is 2.34. The van der Waals surface area contributed by atoms with E-state index in [0.29, 0.717) is 13.0 Å². The highest BCUT2D eigenvalue weighted by molar-refractivity contribution is 7.14. The molecule has 1 N–H and O–H groups in total. The molecule has 1 aromatic heterocycles. The van der Waals surface area contributed by atoms with Gasteiger partial charge in [0.25, 0.3) is 5.91 Å². The number of nitrogens with zero attached hydrogens (tertiary/aromatic N) is 1. The molecule has 0 unspecified atom stereocenters. The second-order valence-electron chi connectivity index (χ2n) is 6.37. The molecule has 3 aliphatic rings. The minimum atomic E-state index is 0.0884. The molecule has 21 heavy (non-hydrogen) atoms. The van der Waals surface area contributed by atoms with Crippen LogP contribution in [0.25, 0.3) is 0 Å². The number of carbonyl (C=O) groups excluding carboxylic acids is 2. The van der Waals surface area contributed by atoms with Crippen molar-refractivity contribution in [2.24, 2.45) is 0 Å². The van der Waals surface area contributed by atoms with Gasteiger partial charge in [0.15, 0.2) is 0 Å². The quantitative estimate of drug-likeness (QED) is 0.864. The summed E-state index contributed by atoms with van der Waals surface area (Å²) in [5.74, 6) is 0.240. The maximum Gasteiger partial charge on any atom is 0.264 e. The molecule has 0 aromatic carbocycles. The molecular formula is C16H20N2O2S. The highest BCUT2D eigenvalue weighted by atomic mass is 32.1. The van der Waals surface area contributed by atoms with Gasteiger partial charge in [0.2, 0.25) is 5.91 Å². The van der Waals surface area contributed by atoms with E-state index in [-0.39, 0.29) is 23.9 Å². The Bertz CT molecular complexity index is 572. The summed E-state index contributed by atoms with van der Waals surface area (Å²) in [7, 11) is 0. The molecule has 1 aromatic rings. The first-order valence-corrected chi connectivity index (χ1v) is 8.75. The zero-order valence-corrected chi connectivity index (χ0v) is 12.9. The Hall–Kier alpha value is -1.36. The fourth-order valence-electron chi connectivity index (χ4n) is 3.93. The summed E-state index contributed by atoms with van der Waals surface area (Å²) in [6.07, 6.45) is 7.18. The number of hydrogen-bond acceptors (Lipinski definition) is 3. The number of nitrogens with one attached hydrogen (secondary N) is 1. The van der Waals surface area contributed by atoms with Gasteiger partial charge in [-0.2, -0.15) is 0 Å². The first kappa shape index (κ1) is 13.3. The molecule has 1 aliphatic carbocycles. The number of thiophene rings is 1. The lowest BCUT2D eigenvalue weighted by molar-refractivity contribution is -0.121. The monoisotopic (exact) mass is 304 g/mol. The van der Waals surface area contributed by atoms with Crippen LogP contribution in [0.5, 0.6) is 0 Å². The molecule has 4 rings (SSSR count). The zero-order chi connectivity index (χ0) is 14.4. The summed E-state index contributed by atoms with van der Waals surface area (Å²) in [5.41, 5.74) is 1.38. The molecule has 0 saturated carbocycles. The first-order chi connectivity index (χ1) is 10.2. The van der Waals surface area contributed by atoms with Gasteiger partial charge in [-0.3, -0.25) is 9.59 Å². The van der Waals surface area contributed by atoms with Crippen molar-refractivity contribution in [1.82, 2.24) is 10.2 Å². The minimum absolute atomic E-state index is 0.0884. The second kappa shape index (κ2) is 5.13. The predicted octanol–water partition coefficient (Wildman–Crippen LogP) is 2.12. The SMILES string of the molecule is O=C1C[C@H]2CC[C@@H](CN1)N2C(=O)c1cc2c(s1)CCCC2. The Labute approximate surface area is 128 Å². The zero-order valence-electron chi connectivity index (χ0n) is 12.1. The Balaban J connectivity index is 1.62. The molecular weight excluding hydrogens is 284 g/mol. The van der Waals surface area contributed by atoms with Crippen molar-refractivity contribution in [3.8, 4) is 0 Å². The van der Waals surface area contributed by atoms with E-state index >= 15 is 0 Å². The standard InChI is InChI=1S/C16H20N2O2S/c19-15-8-11-5-6-12(9-17-15)18(11)16(20)14-7-10-3-1-2-4-13(10)21-14/h7,11-12H,1-6,8-9H2,(H,17,19)/t11-,12+/m1/s1. The molecule has 2 aliphatic heterocycles. The molecule has 0 radical (unpaired) electrons. The maximum atomic E-state index is 12.9. The van der Waals surface area contributed by atoms with E-state index in [9.17, 15) is 9.59 Å². The van der Waals surface area contributed by atoms with Gasteiger partial charge < -0.3 is 10.2 Å². The summed E-state index contributed by atoms with van der Waals surface area (Å²) >= 11 is 1.68. The molecule has 2 amide bonds. The summed E-state index contributed by atoms with van der Waals surface area (Å²) < 4.78 is 0. The first-order valence-electron chi connectivity index (χ1n) is 7.93. The molecule has 2 fully saturated rings. The van der Waals surface area contributed by atoms with E-state index in [1.807, 2.05) is 4.90 Å². The molecule has 112 valence electrons. The number of rotatable bonds is 1. The molecule has 2 saturated heterocycles. The summed E-state index contributed by atoms with van der Waals surface area (Å²) in [5, 5.41) is 2.93. The van der Waals surface area contributed by atoms with E-state index in [1.54, 1.807) is 11.3 Å². The van der Waals surface area contributed by atoms with E-state index in [2.05, 4.69) is 11.4 Å². The van der Waals surface area contributed by atoms with Crippen LogP contribution in [0.4, 0.5) is 0 Å². The average Bonchev–Trinajstić information content (AvgIpc) is 3.03. The van der Waals surface area contributed by atoms with Gasteiger partial charge in [0, 0.05) is 29.9 Å².